The number of thioether (sulfide) groups is 1. The first-order valence-corrected chi connectivity index (χ1v) is 8.72. The van der Waals surface area contributed by atoms with Crippen LogP contribution in [-0.2, 0) is 4.79 Å². The number of carbonyl (C=O) groups excluding carboxylic acids is 1. The van der Waals surface area contributed by atoms with Gasteiger partial charge in [0.1, 0.15) is 5.82 Å². The number of aromatic amines is 1. The molecule has 0 bridgehead atoms. The first kappa shape index (κ1) is 15.4. The van der Waals surface area contributed by atoms with Crippen molar-refractivity contribution in [2.45, 2.75) is 24.6 Å². The van der Waals surface area contributed by atoms with Crippen molar-refractivity contribution in [2.75, 3.05) is 25.9 Å². The number of H-pyrrole nitrogens is 1. The summed E-state index contributed by atoms with van der Waals surface area (Å²) in [4.78, 5) is 22.1. The van der Waals surface area contributed by atoms with Crippen LogP contribution in [0.1, 0.15) is 24.4 Å². The lowest BCUT2D eigenvalue weighted by molar-refractivity contribution is -0.128. The van der Waals surface area contributed by atoms with E-state index in [-0.39, 0.29) is 11.2 Å². The minimum absolute atomic E-state index is 0.173. The molecular weight excluding hydrogens is 296 g/mol. The minimum atomic E-state index is 0.173. The van der Waals surface area contributed by atoms with Crippen LogP contribution in [0, 0.1) is 0 Å². The molecule has 2 atom stereocenters. The van der Waals surface area contributed by atoms with Crippen molar-refractivity contribution in [2.24, 2.45) is 0 Å². The van der Waals surface area contributed by atoms with Gasteiger partial charge in [-0.1, -0.05) is 12.1 Å². The largest absolute Gasteiger partial charge is 0.341 e. The number of para-hydroxylation sites is 2. The van der Waals surface area contributed by atoms with Crippen LogP contribution >= 0.6 is 11.8 Å². The third-order valence-corrected chi connectivity index (χ3v) is 5.36. The zero-order valence-corrected chi connectivity index (χ0v) is 13.8. The molecule has 0 saturated carbocycles. The van der Waals surface area contributed by atoms with Gasteiger partial charge in [-0.15, -0.1) is 11.8 Å². The Morgan fingerprint density at radius 2 is 2.32 bits per heavy atom. The maximum atomic E-state index is 12.3. The topological polar surface area (TPSA) is 61.0 Å². The van der Waals surface area contributed by atoms with Gasteiger partial charge in [-0.2, -0.15) is 0 Å². The number of fused-ring (bicyclic) bond motifs is 1. The number of rotatable bonds is 5. The Balaban J connectivity index is 1.57. The van der Waals surface area contributed by atoms with Crippen LogP contribution in [0.15, 0.2) is 24.3 Å². The Kier molecular flexibility index (Phi) is 4.69. The molecule has 1 amide bonds. The summed E-state index contributed by atoms with van der Waals surface area (Å²) in [6, 6.07) is 8.35. The molecule has 1 aromatic heterocycles. The van der Waals surface area contributed by atoms with Gasteiger partial charge in [0.2, 0.25) is 5.91 Å². The molecule has 22 heavy (non-hydrogen) atoms. The summed E-state index contributed by atoms with van der Waals surface area (Å²) in [6.07, 6.45) is 1.05. The van der Waals surface area contributed by atoms with Crippen molar-refractivity contribution in [3.63, 3.8) is 0 Å². The van der Waals surface area contributed by atoms with E-state index >= 15 is 0 Å². The number of nitrogens with zero attached hydrogens (tertiary/aromatic N) is 2. The molecule has 5 nitrogen and oxygen atoms in total. The number of amides is 1. The van der Waals surface area contributed by atoms with Gasteiger partial charge in [0.25, 0.3) is 0 Å². The van der Waals surface area contributed by atoms with Crippen molar-refractivity contribution >= 4 is 28.7 Å². The molecule has 0 aliphatic carbocycles. The van der Waals surface area contributed by atoms with Crippen molar-refractivity contribution in [1.29, 1.82) is 0 Å². The van der Waals surface area contributed by atoms with Crippen LogP contribution < -0.4 is 5.32 Å². The van der Waals surface area contributed by atoms with E-state index in [1.807, 2.05) is 36.2 Å². The molecule has 0 spiro atoms. The number of hydrogen-bond acceptors (Lipinski definition) is 4. The number of nitrogens with one attached hydrogen (secondary N) is 2. The molecule has 2 N–H and O–H groups in total. The fraction of sp³-hybridized carbons (Fsp3) is 0.500. The van der Waals surface area contributed by atoms with E-state index in [4.69, 9.17) is 0 Å². The summed E-state index contributed by atoms with van der Waals surface area (Å²) in [5, 5.41) is 3.47. The predicted molar refractivity (Wildman–Crippen MR) is 91.0 cm³/mol. The number of imidazole rings is 1. The highest BCUT2D eigenvalue weighted by molar-refractivity contribution is 8.00. The fourth-order valence-electron chi connectivity index (χ4n) is 2.72. The number of benzene rings is 1. The van der Waals surface area contributed by atoms with Gasteiger partial charge in [0, 0.05) is 19.6 Å². The number of likely N-dealkylation sites (N-methyl/N-ethyl adjacent to an activating group) is 1. The maximum absolute atomic E-state index is 12.3. The third kappa shape index (κ3) is 3.28. The van der Waals surface area contributed by atoms with Crippen molar-refractivity contribution in [3.05, 3.63) is 30.1 Å². The molecule has 1 aromatic carbocycles. The van der Waals surface area contributed by atoms with Crippen LogP contribution in [0.25, 0.3) is 11.0 Å². The quantitative estimate of drug-likeness (QED) is 0.887. The highest BCUT2D eigenvalue weighted by Gasteiger charge is 2.23. The lowest BCUT2D eigenvalue weighted by atomic mass is 10.2. The second-order valence-corrected chi connectivity index (χ2v) is 7.07. The van der Waals surface area contributed by atoms with Gasteiger partial charge in [-0.25, -0.2) is 4.98 Å². The Labute approximate surface area is 134 Å². The van der Waals surface area contributed by atoms with E-state index in [1.54, 1.807) is 11.8 Å². The molecule has 2 unspecified atom stereocenters. The van der Waals surface area contributed by atoms with Gasteiger partial charge in [0.15, 0.2) is 0 Å². The van der Waals surface area contributed by atoms with Crippen molar-refractivity contribution in [3.8, 4) is 0 Å². The molecule has 0 radical (unpaired) electrons. The lowest BCUT2D eigenvalue weighted by Crippen LogP contribution is -2.39. The normalized spacial score (nSPS) is 19.5. The molecule has 1 fully saturated rings. The summed E-state index contributed by atoms with van der Waals surface area (Å²) in [5.41, 5.74) is 2.02. The molecule has 2 aromatic rings. The van der Waals surface area contributed by atoms with Crippen LogP contribution in [0.3, 0.4) is 0 Å². The van der Waals surface area contributed by atoms with Crippen LogP contribution in [-0.4, -0.2) is 52.7 Å². The van der Waals surface area contributed by atoms with E-state index in [0.29, 0.717) is 11.8 Å². The highest BCUT2D eigenvalue weighted by atomic mass is 32.2. The number of aromatic nitrogens is 2. The number of hydrogen-bond donors (Lipinski definition) is 2. The molecule has 2 heterocycles. The van der Waals surface area contributed by atoms with E-state index in [0.717, 1.165) is 36.4 Å². The standard InChI is InChI=1S/C16H22N4OS/c1-11(16-18-13-5-3-4-6-14(13)19-16)22-10-15(21)20(2)12-7-8-17-9-12/h3-6,11-12,17H,7-10H2,1-2H3,(H,18,19). The smallest absolute Gasteiger partial charge is 0.232 e. The van der Waals surface area contributed by atoms with E-state index < -0.39 is 0 Å². The second-order valence-electron chi connectivity index (χ2n) is 5.74. The molecule has 1 aliphatic rings. The van der Waals surface area contributed by atoms with Crippen molar-refractivity contribution < 1.29 is 4.79 Å². The summed E-state index contributed by atoms with van der Waals surface area (Å²) in [6.45, 7) is 4.00. The van der Waals surface area contributed by atoms with E-state index in [2.05, 4.69) is 22.2 Å². The van der Waals surface area contributed by atoms with Crippen LogP contribution in [0.5, 0.6) is 0 Å². The van der Waals surface area contributed by atoms with Crippen LogP contribution in [0.4, 0.5) is 0 Å². The van der Waals surface area contributed by atoms with Crippen LogP contribution in [0.2, 0.25) is 0 Å². The Morgan fingerprint density at radius 1 is 1.50 bits per heavy atom. The lowest BCUT2D eigenvalue weighted by Gasteiger charge is -2.24. The summed E-state index contributed by atoms with van der Waals surface area (Å²) in [5.74, 6) is 1.62. The average Bonchev–Trinajstić information content (AvgIpc) is 3.20. The van der Waals surface area contributed by atoms with E-state index in [1.165, 1.54) is 0 Å². The summed E-state index contributed by atoms with van der Waals surface area (Å²) >= 11 is 1.63. The Morgan fingerprint density at radius 3 is 3.05 bits per heavy atom. The predicted octanol–water partition coefficient (Wildman–Crippen LogP) is 2.18. The maximum Gasteiger partial charge on any atom is 0.232 e. The van der Waals surface area contributed by atoms with Crippen molar-refractivity contribution in [1.82, 2.24) is 20.2 Å². The third-order valence-electron chi connectivity index (χ3n) is 4.22. The first-order chi connectivity index (χ1) is 10.6. The van der Waals surface area contributed by atoms with Gasteiger partial charge < -0.3 is 15.2 Å². The van der Waals surface area contributed by atoms with Gasteiger partial charge in [0.05, 0.1) is 22.0 Å². The molecule has 1 aliphatic heterocycles. The zero-order chi connectivity index (χ0) is 15.5. The monoisotopic (exact) mass is 318 g/mol. The minimum Gasteiger partial charge on any atom is -0.341 e. The summed E-state index contributed by atoms with van der Waals surface area (Å²) < 4.78 is 0. The molecule has 118 valence electrons. The van der Waals surface area contributed by atoms with Gasteiger partial charge >= 0.3 is 0 Å². The first-order valence-electron chi connectivity index (χ1n) is 7.68. The molecule has 1 saturated heterocycles. The molecular formula is C16H22N4OS. The average molecular weight is 318 g/mol. The summed E-state index contributed by atoms with van der Waals surface area (Å²) in [7, 11) is 1.91. The Bertz CT molecular complexity index is 617. The SMILES string of the molecule is CC(SCC(=O)N(C)C1CCNC1)c1nc2ccccc2[nH]1. The molecule has 6 heteroatoms. The number of carbonyl (C=O) groups is 1. The Hall–Kier alpha value is -1.53. The molecule has 3 rings (SSSR count). The zero-order valence-electron chi connectivity index (χ0n) is 13.0. The fourth-order valence-corrected chi connectivity index (χ4v) is 3.58. The van der Waals surface area contributed by atoms with Gasteiger partial charge in [-0.3, -0.25) is 4.79 Å². The van der Waals surface area contributed by atoms with Gasteiger partial charge in [-0.05, 0) is 32.0 Å². The van der Waals surface area contributed by atoms with E-state index in [9.17, 15) is 4.79 Å². The second kappa shape index (κ2) is 6.71. The highest BCUT2D eigenvalue weighted by Crippen LogP contribution is 2.28.